The van der Waals surface area contributed by atoms with Crippen molar-refractivity contribution in [3.8, 4) is 0 Å². The average molecular weight is 199 g/mol. The monoisotopic (exact) mass is 199 g/mol. The van der Waals surface area contributed by atoms with E-state index in [1.54, 1.807) is 0 Å². The summed E-state index contributed by atoms with van der Waals surface area (Å²) in [5, 5.41) is 8.94. The van der Waals surface area contributed by atoms with Gasteiger partial charge in [0.2, 0.25) is 0 Å². The fourth-order valence-corrected chi connectivity index (χ4v) is 0.871. The molecule has 0 aliphatic carbocycles. The number of hydrogen-bond donors (Lipinski definition) is 3. The summed E-state index contributed by atoms with van der Waals surface area (Å²) in [6.45, 7) is -1.08. The molecule has 0 amide bonds. The van der Waals surface area contributed by atoms with Gasteiger partial charge in [0, 0.05) is 7.79 Å². The third kappa shape index (κ3) is 7.84. The van der Waals surface area contributed by atoms with Crippen LogP contribution in [0.2, 0.25) is 0 Å². The zero-order valence-electron chi connectivity index (χ0n) is 7.21. The van der Waals surface area contributed by atoms with Crippen molar-refractivity contribution in [1.82, 2.24) is 0 Å². The Morgan fingerprint density at radius 1 is 1.75 bits per heavy atom. The molecule has 0 bridgehead atoms. The molecule has 0 aromatic rings. The molecule has 0 aromatic carbocycles. The molecule has 0 fully saturated rings. The molecule has 6 nitrogen and oxygen atoms in total. The summed E-state index contributed by atoms with van der Waals surface area (Å²) >= 11 is 0. The molecule has 7 heteroatoms. The SMILES string of the molecule is [2H]CC(=O)C[C@H](O)COP(=O)(O)O. The maximum absolute atomic E-state index is 10.5. The highest BCUT2D eigenvalue weighted by atomic mass is 31.2. The molecule has 0 aliphatic heterocycles. The van der Waals surface area contributed by atoms with Crippen LogP contribution in [-0.4, -0.2) is 33.4 Å². The first-order valence-corrected chi connectivity index (χ1v) is 4.57. The van der Waals surface area contributed by atoms with Crippen molar-refractivity contribution in [2.45, 2.75) is 19.4 Å². The number of aliphatic hydroxyl groups excluding tert-OH is 1. The number of aliphatic hydroxyl groups is 1. The van der Waals surface area contributed by atoms with E-state index in [4.69, 9.17) is 16.3 Å². The van der Waals surface area contributed by atoms with Crippen LogP contribution in [0.1, 0.15) is 14.7 Å². The number of hydrogen-bond acceptors (Lipinski definition) is 4. The van der Waals surface area contributed by atoms with Crippen LogP contribution in [0.25, 0.3) is 0 Å². The molecular formula is C5H11O6P. The lowest BCUT2D eigenvalue weighted by molar-refractivity contribution is -0.119. The van der Waals surface area contributed by atoms with Crippen molar-refractivity contribution in [2.75, 3.05) is 6.61 Å². The second-order valence-corrected chi connectivity index (χ2v) is 3.42. The molecule has 0 rings (SSSR count). The predicted molar refractivity (Wildman–Crippen MR) is 39.3 cm³/mol. The summed E-state index contributed by atoms with van der Waals surface area (Å²) in [4.78, 5) is 27.0. The minimum absolute atomic E-state index is 0.330. The Morgan fingerprint density at radius 3 is 2.75 bits per heavy atom. The lowest BCUT2D eigenvalue weighted by atomic mass is 10.2. The van der Waals surface area contributed by atoms with Gasteiger partial charge in [0.15, 0.2) is 0 Å². The Bertz CT molecular complexity index is 213. The van der Waals surface area contributed by atoms with Gasteiger partial charge in [-0.05, 0) is 6.90 Å². The van der Waals surface area contributed by atoms with E-state index in [0.29, 0.717) is 0 Å². The standard InChI is InChI=1S/C5H11O6P/c1-4(6)2-5(7)3-11-12(8,9)10/h5,7H,2-3H2,1H3,(H2,8,9,10)/t5-/m0/s1/i1D. The average Bonchev–Trinajstić information content (AvgIpc) is 1.99. The molecule has 0 unspecified atom stereocenters. The van der Waals surface area contributed by atoms with Crippen LogP contribution in [0.15, 0.2) is 0 Å². The molecule has 0 heterocycles. The fourth-order valence-electron chi connectivity index (χ4n) is 0.505. The second kappa shape index (κ2) is 4.69. The van der Waals surface area contributed by atoms with E-state index in [1.807, 2.05) is 0 Å². The number of ketones is 1. The van der Waals surface area contributed by atoms with Gasteiger partial charge in [0.25, 0.3) is 0 Å². The minimum Gasteiger partial charge on any atom is -0.390 e. The molecule has 12 heavy (non-hydrogen) atoms. The highest BCUT2D eigenvalue weighted by Gasteiger charge is 2.17. The van der Waals surface area contributed by atoms with Crippen molar-refractivity contribution in [2.24, 2.45) is 0 Å². The van der Waals surface area contributed by atoms with Crippen LogP contribution in [0.3, 0.4) is 0 Å². The number of phosphoric acid groups is 1. The molecule has 3 N–H and O–H groups in total. The predicted octanol–water partition coefficient (Wildman–Crippen LogP) is -0.564. The van der Waals surface area contributed by atoms with Gasteiger partial charge in [-0.3, -0.25) is 9.32 Å². The third-order valence-electron chi connectivity index (χ3n) is 0.898. The number of phosphoric ester groups is 1. The third-order valence-corrected chi connectivity index (χ3v) is 1.38. The Kier molecular flexibility index (Phi) is 3.84. The van der Waals surface area contributed by atoms with E-state index in [0.717, 1.165) is 0 Å². The second-order valence-electron chi connectivity index (χ2n) is 2.18. The van der Waals surface area contributed by atoms with Crippen molar-refractivity contribution in [1.29, 1.82) is 0 Å². The lowest BCUT2D eigenvalue weighted by Gasteiger charge is -2.09. The molecule has 72 valence electrons. The van der Waals surface area contributed by atoms with Gasteiger partial charge in [0.1, 0.15) is 5.78 Å². The molecule has 0 spiro atoms. The number of rotatable bonds is 5. The van der Waals surface area contributed by atoms with E-state index in [9.17, 15) is 9.36 Å². The van der Waals surface area contributed by atoms with Crippen LogP contribution in [0.5, 0.6) is 0 Å². The molecule has 0 radical (unpaired) electrons. The Hall–Kier alpha value is -0.260. The van der Waals surface area contributed by atoms with Gasteiger partial charge < -0.3 is 14.9 Å². The highest BCUT2D eigenvalue weighted by molar-refractivity contribution is 7.46. The Morgan fingerprint density at radius 2 is 2.33 bits per heavy atom. The highest BCUT2D eigenvalue weighted by Crippen LogP contribution is 2.35. The summed E-state index contributed by atoms with van der Waals surface area (Å²) in [6, 6.07) is 0. The lowest BCUT2D eigenvalue weighted by Crippen LogP contribution is -2.17. The fraction of sp³-hybridized carbons (Fsp3) is 0.800. The van der Waals surface area contributed by atoms with Crippen molar-refractivity contribution in [3.63, 3.8) is 0 Å². The van der Waals surface area contributed by atoms with Gasteiger partial charge in [-0.1, -0.05) is 0 Å². The van der Waals surface area contributed by atoms with Crippen LogP contribution in [-0.2, 0) is 13.9 Å². The van der Waals surface area contributed by atoms with Gasteiger partial charge >= 0.3 is 7.82 Å². The first kappa shape index (κ1) is 9.83. The van der Waals surface area contributed by atoms with E-state index >= 15 is 0 Å². The van der Waals surface area contributed by atoms with Crippen molar-refractivity contribution in [3.05, 3.63) is 0 Å². The van der Waals surface area contributed by atoms with Crippen LogP contribution in [0.4, 0.5) is 0 Å². The first-order valence-electron chi connectivity index (χ1n) is 3.75. The molecule has 0 saturated heterocycles. The number of Topliss-reactive ketones (excluding diaryl/α,β-unsaturated/α-hetero) is 1. The molecule has 0 aliphatic rings. The van der Waals surface area contributed by atoms with Crippen LogP contribution >= 0.6 is 7.82 Å². The van der Waals surface area contributed by atoms with E-state index in [-0.39, 0.29) is 6.42 Å². The molecule has 0 saturated carbocycles. The summed E-state index contributed by atoms with van der Waals surface area (Å²) in [5.74, 6) is -0.512. The number of carbonyl (C=O) groups is 1. The molecule has 1 atom stereocenters. The maximum Gasteiger partial charge on any atom is 0.469 e. The largest absolute Gasteiger partial charge is 0.469 e. The minimum atomic E-state index is -4.59. The topological polar surface area (TPSA) is 104 Å². The Labute approximate surface area is 70.8 Å². The van der Waals surface area contributed by atoms with Crippen LogP contribution in [0, 0.1) is 0 Å². The first-order chi connectivity index (χ1) is 5.85. The normalized spacial score (nSPS) is 15.4. The molecule has 0 aromatic heterocycles. The number of carbonyl (C=O) groups excluding carboxylic acids is 1. The van der Waals surface area contributed by atoms with Gasteiger partial charge in [-0.15, -0.1) is 0 Å². The van der Waals surface area contributed by atoms with E-state index < -0.39 is 33.2 Å². The van der Waals surface area contributed by atoms with E-state index in [1.165, 1.54) is 0 Å². The van der Waals surface area contributed by atoms with Crippen molar-refractivity contribution >= 4 is 13.6 Å². The summed E-state index contributed by atoms with van der Waals surface area (Å²) in [6.07, 6.45) is -1.60. The van der Waals surface area contributed by atoms with Gasteiger partial charge in [-0.2, -0.15) is 0 Å². The zero-order valence-corrected chi connectivity index (χ0v) is 7.11. The Balaban J connectivity index is 3.70. The van der Waals surface area contributed by atoms with Crippen LogP contribution < -0.4 is 0 Å². The molecular weight excluding hydrogens is 187 g/mol. The zero-order chi connectivity index (χ0) is 10.5. The maximum atomic E-state index is 10.5. The smallest absolute Gasteiger partial charge is 0.390 e. The summed E-state index contributed by atoms with van der Waals surface area (Å²) < 4.78 is 20.7. The quantitative estimate of drug-likeness (QED) is 0.512. The van der Waals surface area contributed by atoms with Gasteiger partial charge in [0.05, 0.1) is 12.7 Å². The summed E-state index contributed by atoms with van der Waals surface area (Å²) in [5.41, 5.74) is 0. The van der Waals surface area contributed by atoms with Gasteiger partial charge in [-0.25, -0.2) is 4.57 Å². The summed E-state index contributed by atoms with van der Waals surface area (Å²) in [7, 11) is -4.59. The van der Waals surface area contributed by atoms with E-state index in [2.05, 4.69) is 4.52 Å². The van der Waals surface area contributed by atoms with Crippen molar-refractivity contribution < 1.29 is 30.1 Å².